The van der Waals surface area contributed by atoms with Crippen molar-refractivity contribution in [3.8, 4) is 0 Å². The van der Waals surface area contributed by atoms with Crippen molar-refractivity contribution in [3.05, 3.63) is 0 Å². The Kier molecular flexibility index (Phi) is 11.3. The van der Waals surface area contributed by atoms with Crippen LogP contribution in [0.2, 0.25) is 0 Å². The second-order valence-electron chi connectivity index (χ2n) is 4.01. The van der Waals surface area contributed by atoms with Crippen molar-refractivity contribution in [3.63, 3.8) is 0 Å². The number of nitrogens with two attached hydrogens (primary N) is 1. The number of halogens is 1. The maximum absolute atomic E-state index is 5.42. The van der Waals surface area contributed by atoms with Gasteiger partial charge >= 0.3 is 28.3 Å². The molecular weight excluding hydrogens is 294 g/mol. The first kappa shape index (κ1) is 17.3. The average molecular weight is 317 g/mol. The van der Waals surface area contributed by atoms with Crippen LogP contribution in [-0.2, 0) is 14.2 Å². The van der Waals surface area contributed by atoms with Crippen LogP contribution >= 0.6 is 14.1 Å². The molecule has 0 radical (unpaired) electrons. The normalized spacial score (nSPS) is 13.6. The molecule has 0 saturated heterocycles. The third kappa shape index (κ3) is 6.38. The molecule has 0 saturated carbocycles. The van der Waals surface area contributed by atoms with Gasteiger partial charge in [-0.3, -0.25) is 0 Å². The van der Waals surface area contributed by atoms with Gasteiger partial charge in [0.25, 0.3) is 0 Å². The van der Waals surface area contributed by atoms with E-state index in [9.17, 15) is 0 Å². The SMILES string of the molecule is CC(NCCN)C(C)(C)N(C)C.[Cu][Br]. The minimum atomic E-state index is 0.176. The van der Waals surface area contributed by atoms with Gasteiger partial charge in [-0.25, -0.2) is 0 Å². The van der Waals surface area contributed by atoms with Crippen LogP contribution in [0.25, 0.3) is 0 Å². The zero-order valence-electron chi connectivity index (χ0n) is 9.70. The molecule has 0 aromatic heterocycles. The van der Waals surface area contributed by atoms with Crippen molar-refractivity contribution in [2.45, 2.75) is 32.4 Å². The average Bonchev–Trinajstić information content (AvgIpc) is 2.16. The summed E-state index contributed by atoms with van der Waals surface area (Å²) in [5.74, 6) is 0. The zero-order chi connectivity index (χ0) is 11.8. The van der Waals surface area contributed by atoms with Crippen molar-refractivity contribution in [1.82, 2.24) is 10.2 Å². The Morgan fingerprint density at radius 3 is 2.14 bits per heavy atom. The third-order valence-electron chi connectivity index (χ3n) is 2.81. The predicted octanol–water partition coefficient (Wildman–Crippen LogP) is 1.11. The van der Waals surface area contributed by atoms with Gasteiger partial charge in [0.1, 0.15) is 0 Å². The fourth-order valence-corrected chi connectivity index (χ4v) is 0.937. The molecule has 0 bridgehead atoms. The van der Waals surface area contributed by atoms with Crippen LogP contribution in [0.1, 0.15) is 20.8 Å². The first-order chi connectivity index (χ1) is 6.42. The van der Waals surface area contributed by atoms with Gasteiger partial charge in [0, 0.05) is 24.7 Å². The fourth-order valence-electron chi connectivity index (χ4n) is 0.937. The van der Waals surface area contributed by atoms with Crippen LogP contribution < -0.4 is 11.1 Å². The number of hydrogen-bond acceptors (Lipinski definition) is 3. The van der Waals surface area contributed by atoms with E-state index >= 15 is 0 Å². The molecule has 3 N–H and O–H groups in total. The number of likely N-dealkylation sites (N-methyl/N-ethyl adjacent to an activating group) is 1. The molecule has 14 heavy (non-hydrogen) atoms. The van der Waals surface area contributed by atoms with E-state index in [-0.39, 0.29) is 5.54 Å². The van der Waals surface area contributed by atoms with Gasteiger partial charge in [0.15, 0.2) is 0 Å². The van der Waals surface area contributed by atoms with Crippen LogP contribution in [0.15, 0.2) is 0 Å². The van der Waals surface area contributed by atoms with E-state index in [1.165, 1.54) is 0 Å². The summed E-state index contributed by atoms with van der Waals surface area (Å²) in [6.45, 7) is 8.23. The van der Waals surface area contributed by atoms with Crippen molar-refractivity contribution < 1.29 is 14.2 Å². The third-order valence-corrected chi connectivity index (χ3v) is 2.81. The quantitative estimate of drug-likeness (QED) is 0.747. The van der Waals surface area contributed by atoms with Crippen LogP contribution in [0, 0.1) is 0 Å². The van der Waals surface area contributed by atoms with E-state index in [4.69, 9.17) is 5.73 Å². The molecule has 0 spiro atoms. The molecule has 3 nitrogen and oxygen atoms in total. The van der Waals surface area contributed by atoms with E-state index in [0.29, 0.717) is 12.6 Å². The molecule has 92 valence electrons. The monoisotopic (exact) mass is 315 g/mol. The van der Waals surface area contributed by atoms with Gasteiger partial charge in [0.05, 0.1) is 0 Å². The molecule has 0 aliphatic carbocycles. The van der Waals surface area contributed by atoms with Gasteiger partial charge < -0.3 is 16.0 Å². The number of rotatable bonds is 5. The number of nitrogens with one attached hydrogen (secondary N) is 1. The van der Waals surface area contributed by atoms with Crippen LogP contribution in [0.3, 0.4) is 0 Å². The molecule has 0 aliphatic heterocycles. The first-order valence-electron chi connectivity index (χ1n) is 4.65. The second kappa shape index (κ2) is 9.13. The first-order valence-corrected chi connectivity index (χ1v) is 6.98. The molecule has 0 rings (SSSR count). The Hall–Kier alpha value is 0.879. The summed E-state index contributed by atoms with van der Waals surface area (Å²) in [6, 6.07) is 0.455. The summed E-state index contributed by atoms with van der Waals surface area (Å²) in [4.78, 5) is 2.22. The van der Waals surface area contributed by atoms with Gasteiger partial charge in [-0.2, -0.15) is 0 Å². The molecule has 5 heteroatoms. The molecule has 1 unspecified atom stereocenters. The second-order valence-corrected chi connectivity index (χ2v) is 4.01. The van der Waals surface area contributed by atoms with Gasteiger partial charge in [-0.1, -0.05) is 0 Å². The van der Waals surface area contributed by atoms with E-state index < -0.39 is 0 Å². The molecular formula is C9H23BrCuN3. The Morgan fingerprint density at radius 2 is 1.86 bits per heavy atom. The van der Waals surface area contributed by atoms with Crippen molar-refractivity contribution >= 4 is 14.1 Å². The van der Waals surface area contributed by atoms with Crippen LogP contribution in [0.4, 0.5) is 0 Å². The summed E-state index contributed by atoms with van der Waals surface area (Å²) >= 11 is 6.50. The van der Waals surface area contributed by atoms with Gasteiger partial charge in [0.2, 0.25) is 0 Å². The minimum absolute atomic E-state index is 0.176. The predicted molar refractivity (Wildman–Crippen MR) is 63.2 cm³/mol. The molecule has 1 atom stereocenters. The van der Waals surface area contributed by atoms with Crippen LogP contribution in [0.5, 0.6) is 0 Å². The molecule has 0 fully saturated rings. The summed E-state index contributed by atoms with van der Waals surface area (Å²) < 4.78 is 0. The number of hydrogen-bond donors (Lipinski definition) is 2. The van der Waals surface area contributed by atoms with E-state index in [1.807, 2.05) is 0 Å². The Balaban J connectivity index is 0. The van der Waals surface area contributed by atoms with E-state index in [2.05, 4.69) is 73.4 Å². The van der Waals surface area contributed by atoms with Crippen molar-refractivity contribution in [2.24, 2.45) is 5.73 Å². The Morgan fingerprint density at radius 1 is 1.43 bits per heavy atom. The summed E-state index contributed by atoms with van der Waals surface area (Å²) in [7, 11) is 4.20. The van der Waals surface area contributed by atoms with Crippen molar-refractivity contribution in [1.29, 1.82) is 0 Å². The molecule has 0 heterocycles. The van der Waals surface area contributed by atoms with Gasteiger partial charge in [-0.05, 0) is 34.9 Å². The zero-order valence-corrected chi connectivity index (χ0v) is 12.2. The van der Waals surface area contributed by atoms with E-state index in [1.54, 1.807) is 0 Å². The van der Waals surface area contributed by atoms with Gasteiger partial charge in [-0.15, -0.1) is 0 Å². The molecule has 0 aromatic carbocycles. The number of nitrogens with zero attached hydrogens (tertiary/aromatic N) is 1. The molecule has 0 aromatic rings. The summed E-state index contributed by atoms with van der Waals surface area (Å²) in [5.41, 5.74) is 5.60. The van der Waals surface area contributed by atoms with Crippen LogP contribution in [-0.4, -0.2) is 43.7 Å². The standard InChI is InChI=1S/C9H23N3.BrH.Cu/c1-8(11-7-6-10)9(2,3)12(4)5;;/h8,11H,6-7,10H2,1-5H3;1H;/q;;+1/p-1. The summed E-state index contributed by atoms with van der Waals surface area (Å²) in [5, 5.41) is 3.39. The molecule has 0 aliphatic rings. The van der Waals surface area contributed by atoms with E-state index in [0.717, 1.165) is 6.54 Å². The van der Waals surface area contributed by atoms with Crippen molar-refractivity contribution in [2.75, 3.05) is 27.2 Å². The fraction of sp³-hybridized carbons (Fsp3) is 1.00. The maximum atomic E-state index is 5.42. The topological polar surface area (TPSA) is 41.3 Å². The summed E-state index contributed by atoms with van der Waals surface area (Å²) in [6.07, 6.45) is 0. The molecule has 0 amide bonds. The Labute approximate surface area is 104 Å². The Bertz CT molecular complexity index is 131.